The monoisotopic (exact) mass is 191 g/mol. The van der Waals surface area contributed by atoms with Gasteiger partial charge in [-0.05, 0) is 25.5 Å². The van der Waals surface area contributed by atoms with Gasteiger partial charge in [0.1, 0.15) is 0 Å². The molecule has 2 unspecified atom stereocenters. The van der Waals surface area contributed by atoms with Gasteiger partial charge in [-0.1, -0.05) is 30.3 Å². The summed E-state index contributed by atoms with van der Waals surface area (Å²) in [6.45, 7) is 4.00. The summed E-state index contributed by atoms with van der Waals surface area (Å²) in [5, 5.41) is 3.38. The highest BCUT2D eigenvalue weighted by molar-refractivity contribution is 5.13. The van der Waals surface area contributed by atoms with Gasteiger partial charge in [0.15, 0.2) is 0 Å². The highest BCUT2D eigenvalue weighted by Crippen LogP contribution is 2.13. The second kappa shape index (κ2) is 4.58. The Hall–Kier alpha value is -0.860. The number of benzene rings is 1. The standard InChI is InChI=1S/C12H17NO/c1-10-12(7-8-13-10)14-9-11-5-3-2-4-6-11/h2-6,10,12-13H,7-9H2,1H3. The summed E-state index contributed by atoms with van der Waals surface area (Å²) in [4.78, 5) is 0. The van der Waals surface area contributed by atoms with Crippen molar-refractivity contribution in [2.24, 2.45) is 0 Å². The Kier molecular flexibility index (Phi) is 3.17. The third-order valence-electron chi connectivity index (χ3n) is 2.76. The van der Waals surface area contributed by atoms with Crippen LogP contribution in [0.5, 0.6) is 0 Å². The summed E-state index contributed by atoms with van der Waals surface area (Å²) in [5.41, 5.74) is 1.26. The topological polar surface area (TPSA) is 21.3 Å². The molecule has 1 fully saturated rings. The molecule has 1 aliphatic heterocycles. The lowest BCUT2D eigenvalue weighted by atomic mass is 10.2. The highest BCUT2D eigenvalue weighted by Gasteiger charge is 2.22. The van der Waals surface area contributed by atoms with Gasteiger partial charge >= 0.3 is 0 Å². The van der Waals surface area contributed by atoms with Gasteiger partial charge in [-0.2, -0.15) is 0 Å². The van der Waals surface area contributed by atoms with Crippen LogP contribution in [0.1, 0.15) is 18.9 Å². The molecule has 0 aromatic heterocycles. The van der Waals surface area contributed by atoms with E-state index >= 15 is 0 Å². The molecule has 1 saturated heterocycles. The molecule has 14 heavy (non-hydrogen) atoms. The van der Waals surface area contributed by atoms with E-state index in [0.29, 0.717) is 12.1 Å². The Morgan fingerprint density at radius 3 is 2.79 bits per heavy atom. The van der Waals surface area contributed by atoms with E-state index in [1.54, 1.807) is 0 Å². The Bertz CT molecular complexity index is 273. The summed E-state index contributed by atoms with van der Waals surface area (Å²) in [6, 6.07) is 10.8. The molecule has 76 valence electrons. The molecule has 2 rings (SSSR count). The predicted octanol–water partition coefficient (Wildman–Crippen LogP) is 1.95. The molecular formula is C12H17NO. The molecule has 1 aliphatic rings. The largest absolute Gasteiger partial charge is 0.372 e. The van der Waals surface area contributed by atoms with Crippen LogP contribution in [0.4, 0.5) is 0 Å². The zero-order valence-electron chi connectivity index (χ0n) is 8.57. The predicted molar refractivity (Wildman–Crippen MR) is 57.1 cm³/mol. The molecule has 0 radical (unpaired) electrons. The van der Waals surface area contributed by atoms with Crippen molar-refractivity contribution < 1.29 is 4.74 Å². The maximum absolute atomic E-state index is 5.84. The average molecular weight is 191 g/mol. The third-order valence-corrected chi connectivity index (χ3v) is 2.76. The van der Waals surface area contributed by atoms with Gasteiger partial charge in [0.2, 0.25) is 0 Å². The van der Waals surface area contributed by atoms with Crippen molar-refractivity contribution in [3.05, 3.63) is 35.9 Å². The van der Waals surface area contributed by atoms with E-state index in [2.05, 4.69) is 36.5 Å². The lowest BCUT2D eigenvalue weighted by Crippen LogP contribution is -2.28. The van der Waals surface area contributed by atoms with Crippen molar-refractivity contribution in [2.45, 2.75) is 32.1 Å². The molecule has 1 aromatic carbocycles. The van der Waals surface area contributed by atoms with E-state index in [1.807, 2.05) is 6.07 Å². The fourth-order valence-corrected chi connectivity index (χ4v) is 1.84. The van der Waals surface area contributed by atoms with Gasteiger partial charge in [0.25, 0.3) is 0 Å². The van der Waals surface area contributed by atoms with Crippen molar-refractivity contribution in [2.75, 3.05) is 6.54 Å². The van der Waals surface area contributed by atoms with Crippen molar-refractivity contribution in [3.8, 4) is 0 Å². The zero-order chi connectivity index (χ0) is 9.80. The molecule has 0 saturated carbocycles. The van der Waals surface area contributed by atoms with Gasteiger partial charge in [-0.15, -0.1) is 0 Å². The molecule has 0 spiro atoms. The fourth-order valence-electron chi connectivity index (χ4n) is 1.84. The number of hydrogen-bond acceptors (Lipinski definition) is 2. The van der Waals surface area contributed by atoms with Crippen LogP contribution in [0.15, 0.2) is 30.3 Å². The van der Waals surface area contributed by atoms with Crippen molar-refractivity contribution in [1.82, 2.24) is 5.32 Å². The minimum Gasteiger partial charge on any atom is -0.372 e. The molecule has 2 atom stereocenters. The smallest absolute Gasteiger partial charge is 0.0741 e. The minimum absolute atomic E-state index is 0.384. The Morgan fingerprint density at radius 2 is 2.14 bits per heavy atom. The summed E-state index contributed by atoms with van der Waals surface area (Å²) in [7, 11) is 0. The summed E-state index contributed by atoms with van der Waals surface area (Å²) in [5.74, 6) is 0. The van der Waals surface area contributed by atoms with Gasteiger partial charge in [-0.3, -0.25) is 0 Å². The number of nitrogens with one attached hydrogen (secondary N) is 1. The van der Waals surface area contributed by atoms with Crippen LogP contribution in [-0.4, -0.2) is 18.7 Å². The maximum Gasteiger partial charge on any atom is 0.0741 e. The summed E-state index contributed by atoms with van der Waals surface area (Å²) >= 11 is 0. The Balaban J connectivity index is 1.82. The van der Waals surface area contributed by atoms with Crippen molar-refractivity contribution in [3.63, 3.8) is 0 Å². The summed E-state index contributed by atoms with van der Waals surface area (Å²) in [6.07, 6.45) is 1.52. The van der Waals surface area contributed by atoms with Gasteiger partial charge in [-0.25, -0.2) is 0 Å². The highest BCUT2D eigenvalue weighted by atomic mass is 16.5. The molecular weight excluding hydrogens is 174 g/mol. The van der Waals surface area contributed by atoms with E-state index in [1.165, 1.54) is 5.56 Å². The van der Waals surface area contributed by atoms with Crippen LogP contribution in [-0.2, 0) is 11.3 Å². The second-order valence-electron chi connectivity index (χ2n) is 3.87. The van der Waals surface area contributed by atoms with E-state index in [-0.39, 0.29) is 0 Å². The number of hydrogen-bond donors (Lipinski definition) is 1. The lowest BCUT2D eigenvalue weighted by molar-refractivity contribution is 0.0364. The normalized spacial score (nSPS) is 26.6. The van der Waals surface area contributed by atoms with Crippen LogP contribution >= 0.6 is 0 Å². The molecule has 1 aromatic rings. The third kappa shape index (κ3) is 2.34. The van der Waals surface area contributed by atoms with Gasteiger partial charge < -0.3 is 10.1 Å². The van der Waals surface area contributed by atoms with Gasteiger partial charge in [0.05, 0.1) is 12.7 Å². The second-order valence-corrected chi connectivity index (χ2v) is 3.87. The molecule has 0 amide bonds. The van der Waals surface area contributed by atoms with Crippen molar-refractivity contribution >= 4 is 0 Å². The molecule has 0 aliphatic carbocycles. The van der Waals surface area contributed by atoms with Crippen LogP contribution in [0, 0.1) is 0 Å². The van der Waals surface area contributed by atoms with Crippen molar-refractivity contribution in [1.29, 1.82) is 0 Å². The first-order chi connectivity index (χ1) is 6.86. The number of rotatable bonds is 3. The van der Waals surface area contributed by atoms with Crippen LogP contribution in [0.25, 0.3) is 0 Å². The first kappa shape index (κ1) is 9.69. The van der Waals surface area contributed by atoms with Crippen LogP contribution in [0.2, 0.25) is 0 Å². The van der Waals surface area contributed by atoms with Gasteiger partial charge in [0, 0.05) is 6.04 Å². The van der Waals surface area contributed by atoms with E-state index in [0.717, 1.165) is 19.6 Å². The number of ether oxygens (including phenoxy) is 1. The van der Waals surface area contributed by atoms with E-state index in [4.69, 9.17) is 4.74 Å². The van der Waals surface area contributed by atoms with Crippen LogP contribution in [0.3, 0.4) is 0 Å². The lowest BCUT2D eigenvalue weighted by Gasteiger charge is -2.15. The minimum atomic E-state index is 0.384. The molecule has 2 heteroatoms. The molecule has 2 nitrogen and oxygen atoms in total. The van der Waals surface area contributed by atoms with E-state index in [9.17, 15) is 0 Å². The molecule has 1 heterocycles. The first-order valence-corrected chi connectivity index (χ1v) is 5.25. The SMILES string of the molecule is CC1NCCC1OCc1ccccc1. The quantitative estimate of drug-likeness (QED) is 0.788. The molecule has 1 N–H and O–H groups in total. The zero-order valence-corrected chi connectivity index (χ0v) is 8.57. The first-order valence-electron chi connectivity index (χ1n) is 5.25. The van der Waals surface area contributed by atoms with Crippen LogP contribution < -0.4 is 5.32 Å². The Labute approximate surface area is 85.3 Å². The maximum atomic E-state index is 5.84. The Morgan fingerprint density at radius 1 is 1.36 bits per heavy atom. The fraction of sp³-hybridized carbons (Fsp3) is 0.500. The summed E-state index contributed by atoms with van der Waals surface area (Å²) < 4.78 is 5.84. The molecule has 0 bridgehead atoms. The average Bonchev–Trinajstić information content (AvgIpc) is 2.63. The van der Waals surface area contributed by atoms with E-state index < -0.39 is 0 Å².